The molecule has 236 valence electrons. The molecule has 10 nitrogen and oxygen atoms in total. The fourth-order valence-corrected chi connectivity index (χ4v) is 8.04. The van der Waals surface area contributed by atoms with Crippen molar-refractivity contribution >= 4 is 45.1 Å². The molecule has 3 fully saturated rings. The normalized spacial score (nSPS) is 23.2. The molecule has 4 aliphatic rings. The third-order valence-electron chi connectivity index (χ3n) is 9.94. The van der Waals surface area contributed by atoms with Crippen LogP contribution < -0.4 is 9.64 Å². The molecule has 1 aliphatic carbocycles. The summed E-state index contributed by atoms with van der Waals surface area (Å²) in [5, 5.41) is 32.3. The standard InChI is InChI=1S/C34H39IN6O4/c1-33(44)8-3-11-40(19-33)30-26-17-41(31(43)25-15-24(42)14-23-4-2-5-27(35)29(23)25)18-28(26)37-32(38-30)45-21-34(9-10-34)20-39-12-6-22(16-36)7-13-39/h2,4-5,14-15,22,42,44H,3,6-13,17-21H2,1H3/t33-/m1/s1. The second-order valence-corrected chi connectivity index (χ2v) is 14.9. The number of halogens is 1. The fraction of sp³-hybridized carbons (Fsp3) is 0.529. The van der Waals surface area contributed by atoms with Crippen LogP contribution in [0.2, 0.25) is 0 Å². The van der Waals surface area contributed by atoms with Crippen molar-refractivity contribution in [3.63, 3.8) is 0 Å². The molecule has 3 aromatic rings. The van der Waals surface area contributed by atoms with Gasteiger partial charge in [0, 0.05) is 45.5 Å². The molecule has 11 heteroatoms. The highest BCUT2D eigenvalue weighted by Crippen LogP contribution is 2.47. The number of β-amino-alcohol motifs (C(OH)–C–C–N with tert-alkyl or cyclic N) is 1. The second kappa shape index (κ2) is 11.9. The van der Waals surface area contributed by atoms with Crippen molar-refractivity contribution in [1.29, 1.82) is 5.26 Å². The Morgan fingerprint density at radius 3 is 2.69 bits per heavy atom. The number of anilines is 1. The Bertz CT molecular complexity index is 1680. The number of amides is 1. The van der Waals surface area contributed by atoms with Gasteiger partial charge in [-0.15, -0.1) is 0 Å². The first kappa shape index (κ1) is 30.4. The number of phenolic OH excluding ortho intramolecular Hbond substituents is 1. The largest absolute Gasteiger partial charge is 0.508 e. The van der Waals surface area contributed by atoms with Crippen LogP contribution in [0.5, 0.6) is 11.8 Å². The van der Waals surface area contributed by atoms with Crippen LogP contribution in [-0.4, -0.2) is 80.8 Å². The molecule has 2 saturated heterocycles. The van der Waals surface area contributed by atoms with E-state index in [2.05, 4.69) is 38.5 Å². The number of piperidine rings is 2. The molecule has 4 heterocycles. The van der Waals surface area contributed by atoms with Gasteiger partial charge in [-0.1, -0.05) is 12.1 Å². The highest BCUT2D eigenvalue weighted by atomic mass is 127. The molecule has 3 aliphatic heterocycles. The predicted octanol–water partition coefficient (Wildman–Crippen LogP) is 4.84. The highest BCUT2D eigenvalue weighted by Gasteiger charge is 2.45. The lowest BCUT2D eigenvalue weighted by Gasteiger charge is -2.38. The summed E-state index contributed by atoms with van der Waals surface area (Å²) in [6, 6.07) is 11.8. The number of benzene rings is 2. The minimum atomic E-state index is -0.834. The Morgan fingerprint density at radius 1 is 1.16 bits per heavy atom. The summed E-state index contributed by atoms with van der Waals surface area (Å²) in [6.07, 6.45) is 5.61. The van der Waals surface area contributed by atoms with Crippen LogP contribution in [0.4, 0.5) is 5.82 Å². The number of phenols is 1. The van der Waals surface area contributed by atoms with E-state index < -0.39 is 5.60 Å². The Hall–Kier alpha value is -3.21. The summed E-state index contributed by atoms with van der Waals surface area (Å²) in [6.45, 7) is 7.09. The first-order valence-electron chi connectivity index (χ1n) is 15.9. The number of nitrogens with zero attached hydrogens (tertiary/aromatic N) is 6. The molecule has 0 bridgehead atoms. The lowest BCUT2D eigenvalue weighted by Crippen LogP contribution is -2.47. The van der Waals surface area contributed by atoms with E-state index in [-0.39, 0.29) is 23.0 Å². The summed E-state index contributed by atoms with van der Waals surface area (Å²) >= 11 is 2.24. The molecule has 1 atom stereocenters. The Balaban J connectivity index is 1.14. The van der Waals surface area contributed by atoms with Crippen LogP contribution in [0.25, 0.3) is 10.8 Å². The van der Waals surface area contributed by atoms with Crippen molar-refractivity contribution in [1.82, 2.24) is 19.8 Å². The zero-order valence-corrected chi connectivity index (χ0v) is 27.8. The molecule has 0 radical (unpaired) electrons. The Kier molecular flexibility index (Phi) is 8.02. The lowest BCUT2D eigenvalue weighted by atomic mass is 9.95. The van der Waals surface area contributed by atoms with Gasteiger partial charge in [0.2, 0.25) is 0 Å². The minimum absolute atomic E-state index is 0.0553. The van der Waals surface area contributed by atoms with Crippen molar-refractivity contribution in [2.45, 2.75) is 64.1 Å². The average molecular weight is 723 g/mol. The van der Waals surface area contributed by atoms with Gasteiger partial charge in [-0.2, -0.15) is 15.2 Å². The average Bonchev–Trinajstić information content (AvgIpc) is 3.64. The quantitative estimate of drug-likeness (QED) is 0.330. The summed E-state index contributed by atoms with van der Waals surface area (Å²) in [4.78, 5) is 30.2. The molecule has 2 N–H and O–H groups in total. The van der Waals surface area contributed by atoms with Gasteiger partial charge in [-0.25, -0.2) is 0 Å². The van der Waals surface area contributed by atoms with Crippen LogP contribution in [0, 0.1) is 26.2 Å². The SMILES string of the molecule is C[C@@]1(O)CCCN(c2nc(OCC3(CN4CCC(C#N)CC4)CC3)nc3c2CN(C(=O)c2cc(O)cc4cccc(I)c24)C3)C1. The molecular formula is C34H39IN6O4. The van der Waals surface area contributed by atoms with E-state index in [1.807, 2.05) is 25.1 Å². The maximum atomic E-state index is 14.1. The number of carbonyl (C=O) groups excluding carboxylic acids is 1. The maximum Gasteiger partial charge on any atom is 0.318 e. The van der Waals surface area contributed by atoms with Crippen LogP contribution in [0.15, 0.2) is 30.3 Å². The van der Waals surface area contributed by atoms with Gasteiger partial charge in [0.05, 0.1) is 42.6 Å². The van der Waals surface area contributed by atoms with E-state index in [0.717, 1.165) is 96.1 Å². The van der Waals surface area contributed by atoms with Crippen molar-refractivity contribution in [2.75, 3.05) is 44.2 Å². The summed E-state index contributed by atoms with van der Waals surface area (Å²) < 4.78 is 7.31. The number of rotatable bonds is 7. The molecule has 2 aromatic carbocycles. The van der Waals surface area contributed by atoms with Crippen molar-refractivity contribution in [2.24, 2.45) is 11.3 Å². The van der Waals surface area contributed by atoms with E-state index in [9.17, 15) is 20.3 Å². The number of likely N-dealkylation sites (tertiary alicyclic amines) is 1. The maximum absolute atomic E-state index is 14.1. The number of aromatic hydroxyl groups is 1. The zero-order valence-electron chi connectivity index (χ0n) is 25.6. The molecule has 0 spiro atoms. The zero-order chi connectivity index (χ0) is 31.3. The molecule has 0 unspecified atom stereocenters. The third-order valence-corrected chi connectivity index (χ3v) is 10.8. The summed E-state index contributed by atoms with van der Waals surface area (Å²) in [5.41, 5.74) is 1.35. The number of carbonyl (C=O) groups is 1. The van der Waals surface area contributed by atoms with E-state index in [0.29, 0.717) is 37.8 Å². The molecule has 7 rings (SSSR count). The smallest absolute Gasteiger partial charge is 0.318 e. The first-order valence-corrected chi connectivity index (χ1v) is 17.0. The van der Waals surface area contributed by atoms with Crippen molar-refractivity contribution < 1.29 is 19.7 Å². The van der Waals surface area contributed by atoms with Crippen LogP contribution in [-0.2, 0) is 13.1 Å². The van der Waals surface area contributed by atoms with Crippen LogP contribution in [0.3, 0.4) is 0 Å². The van der Waals surface area contributed by atoms with Gasteiger partial charge in [-0.05, 0) is 105 Å². The number of fused-ring (bicyclic) bond motifs is 2. The predicted molar refractivity (Wildman–Crippen MR) is 178 cm³/mol. The minimum Gasteiger partial charge on any atom is -0.508 e. The van der Waals surface area contributed by atoms with Gasteiger partial charge in [-0.3, -0.25) is 4.79 Å². The van der Waals surface area contributed by atoms with E-state index >= 15 is 0 Å². The van der Waals surface area contributed by atoms with Crippen molar-refractivity contribution in [3.8, 4) is 17.8 Å². The molecule has 1 amide bonds. The van der Waals surface area contributed by atoms with Crippen molar-refractivity contribution in [3.05, 3.63) is 50.7 Å². The highest BCUT2D eigenvalue weighted by molar-refractivity contribution is 14.1. The van der Waals surface area contributed by atoms with Gasteiger partial charge in [0.25, 0.3) is 5.91 Å². The van der Waals surface area contributed by atoms with Crippen LogP contribution >= 0.6 is 22.6 Å². The first-order chi connectivity index (χ1) is 21.6. The monoisotopic (exact) mass is 722 g/mol. The Morgan fingerprint density at radius 2 is 1.96 bits per heavy atom. The van der Waals surface area contributed by atoms with Gasteiger partial charge < -0.3 is 29.6 Å². The number of aliphatic hydroxyl groups is 1. The van der Waals surface area contributed by atoms with Crippen LogP contribution in [0.1, 0.15) is 67.1 Å². The lowest BCUT2D eigenvalue weighted by molar-refractivity contribution is 0.0445. The number of hydrogen-bond donors (Lipinski definition) is 2. The molecule has 1 saturated carbocycles. The number of aromatic nitrogens is 2. The van der Waals surface area contributed by atoms with Gasteiger partial charge in [0.15, 0.2) is 0 Å². The summed E-state index contributed by atoms with van der Waals surface area (Å²) in [5.74, 6) is 0.778. The van der Waals surface area contributed by atoms with Gasteiger partial charge >= 0.3 is 6.01 Å². The number of hydrogen-bond acceptors (Lipinski definition) is 9. The van der Waals surface area contributed by atoms with E-state index in [4.69, 9.17) is 14.7 Å². The second-order valence-electron chi connectivity index (χ2n) is 13.7. The van der Waals surface area contributed by atoms with Gasteiger partial charge in [0.1, 0.15) is 11.6 Å². The number of nitriles is 1. The molecule has 1 aromatic heterocycles. The molecular weight excluding hydrogens is 683 g/mol. The van der Waals surface area contributed by atoms with E-state index in [1.54, 1.807) is 17.0 Å². The fourth-order valence-electron chi connectivity index (χ4n) is 7.23. The Labute approximate surface area is 277 Å². The summed E-state index contributed by atoms with van der Waals surface area (Å²) in [7, 11) is 0. The topological polar surface area (TPSA) is 126 Å². The number of ether oxygens (including phenoxy) is 1. The molecule has 45 heavy (non-hydrogen) atoms. The van der Waals surface area contributed by atoms with E-state index in [1.165, 1.54) is 0 Å². The third kappa shape index (κ3) is 6.29.